The molecule has 1 aromatic rings. The van der Waals surface area contributed by atoms with Gasteiger partial charge in [0.1, 0.15) is 5.75 Å². The minimum atomic E-state index is -0.0829. The standard InChI is InChI=1S/C19H26N2O3/c1-14-4-2-6-17(10-14)24-13-18(22)21-9-3-5-16(12-21)19(23)20-11-15-7-8-15/h2,4,6,10,15-16H,3,5,7-9,11-13H2,1H3,(H,20,23). The van der Waals surface area contributed by atoms with E-state index >= 15 is 0 Å². The summed E-state index contributed by atoms with van der Waals surface area (Å²) in [5.74, 6) is 1.35. The second kappa shape index (κ2) is 7.69. The summed E-state index contributed by atoms with van der Waals surface area (Å²) in [6.45, 7) is 4.03. The van der Waals surface area contributed by atoms with Gasteiger partial charge in [0.15, 0.2) is 6.61 Å². The maximum atomic E-state index is 12.4. The van der Waals surface area contributed by atoms with Crippen LogP contribution in [-0.2, 0) is 9.59 Å². The van der Waals surface area contributed by atoms with Gasteiger partial charge in [-0.05, 0) is 56.2 Å². The van der Waals surface area contributed by atoms with E-state index in [0.717, 1.165) is 24.9 Å². The van der Waals surface area contributed by atoms with Gasteiger partial charge in [0, 0.05) is 19.6 Å². The van der Waals surface area contributed by atoms with E-state index in [0.29, 0.717) is 24.8 Å². The molecule has 0 bridgehead atoms. The van der Waals surface area contributed by atoms with Gasteiger partial charge in [-0.15, -0.1) is 0 Å². The number of carbonyl (C=O) groups is 2. The molecule has 130 valence electrons. The van der Waals surface area contributed by atoms with E-state index < -0.39 is 0 Å². The quantitative estimate of drug-likeness (QED) is 0.869. The summed E-state index contributed by atoms with van der Waals surface area (Å²) in [6.07, 6.45) is 4.19. The van der Waals surface area contributed by atoms with Crippen molar-refractivity contribution in [2.75, 3.05) is 26.2 Å². The molecule has 1 saturated heterocycles. The molecule has 3 rings (SSSR count). The highest BCUT2D eigenvalue weighted by atomic mass is 16.5. The van der Waals surface area contributed by atoms with Gasteiger partial charge in [0.05, 0.1) is 5.92 Å². The predicted octanol–water partition coefficient (Wildman–Crippen LogP) is 2.14. The smallest absolute Gasteiger partial charge is 0.260 e. The Bertz CT molecular complexity index is 598. The fraction of sp³-hybridized carbons (Fsp3) is 0.579. The zero-order valence-corrected chi connectivity index (χ0v) is 14.3. The summed E-state index contributed by atoms with van der Waals surface area (Å²) >= 11 is 0. The van der Waals surface area contributed by atoms with Crippen LogP contribution in [0.4, 0.5) is 0 Å². The molecule has 1 N–H and O–H groups in total. The Morgan fingerprint density at radius 2 is 2.12 bits per heavy atom. The molecular weight excluding hydrogens is 304 g/mol. The van der Waals surface area contributed by atoms with E-state index in [1.54, 1.807) is 4.90 Å². The lowest BCUT2D eigenvalue weighted by molar-refractivity contribution is -0.137. The molecule has 1 aliphatic carbocycles. The average Bonchev–Trinajstić information content (AvgIpc) is 3.42. The summed E-state index contributed by atoms with van der Waals surface area (Å²) in [5.41, 5.74) is 1.10. The number of hydrogen-bond acceptors (Lipinski definition) is 3. The van der Waals surface area contributed by atoms with Crippen molar-refractivity contribution in [2.24, 2.45) is 11.8 Å². The number of amides is 2. The molecule has 2 amide bonds. The Morgan fingerprint density at radius 3 is 2.88 bits per heavy atom. The van der Waals surface area contributed by atoms with Crippen LogP contribution in [0.5, 0.6) is 5.75 Å². The molecule has 0 radical (unpaired) electrons. The summed E-state index contributed by atoms with van der Waals surface area (Å²) in [5, 5.41) is 3.03. The van der Waals surface area contributed by atoms with Crippen molar-refractivity contribution in [3.8, 4) is 5.75 Å². The maximum absolute atomic E-state index is 12.4. The van der Waals surface area contributed by atoms with Crippen LogP contribution in [-0.4, -0.2) is 43.0 Å². The van der Waals surface area contributed by atoms with Crippen LogP contribution < -0.4 is 10.1 Å². The highest BCUT2D eigenvalue weighted by Gasteiger charge is 2.29. The van der Waals surface area contributed by atoms with Gasteiger partial charge in [-0.2, -0.15) is 0 Å². The molecular formula is C19H26N2O3. The number of nitrogens with one attached hydrogen (secondary N) is 1. The second-order valence-electron chi connectivity index (χ2n) is 6.97. The molecule has 2 fully saturated rings. The Morgan fingerprint density at radius 1 is 1.29 bits per heavy atom. The van der Waals surface area contributed by atoms with Crippen LogP contribution in [0.1, 0.15) is 31.2 Å². The van der Waals surface area contributed by atoms with Gasteiger partial charge in [-0.25, -0.2) is 0 Å². The Balaban J connectivity index is 1.46. The van der Waals surface area contributed by atoms with Gasteiger partial charge in [0.25, 0.3) is 5.91 Å². The van der Waals surface area contributed by atoms with E-state index in [-0.39, 0.29) is 24.3 Å². The van der Waals surface area contributed by atoms with Crippen molar-refractivity contribution >= 4 is 11.8 Å². The van der Waals surface area contributed by atoms with Gasteiger partial charge in [0.2, 0.25) is 5.91 Å². The highest BCUT2D eigenvalue weighted by molar-refractivity contribution is 5.82. The van der Waals surface area contributed by atoms with Crippen LogP contribution in [0, 0.1) is 18.8 Å². The monoisotopic (exact) mass is 330 g/mol. The SMILES string of the molecule is Cc1cccc(OCC(=O)N2CCCC(C(=O)NCC3CC3)C2)c1. The largest absolute Gasteiger partial charge is 0.484 e. The number of aryl methyl sites for hydroxylation is 1. The number of likely N-dealkylation sites (tertiary alicyclic amines) is 1. The van der Waals surface area contributed by atoms with E-state index in [4.69, 9.17) is 4.74 Å². The first-order valence-corrected chi connectivity index (χ1v) is 8.87. The number of nitrogens with zero attached hydrogens (tertiary/aromatic N) is 1. The molecule has 0 spiro atoms. The number of rotatable bonds is 6. The lowest BCUT2D eigenvalue weighted by Gasteiger charge is -2.32. The zero-order chi connectivity index (χ0) is 16.9. The molecule has 0 aromatic heterocycles. The third-order valence-electron chi connectivity index (χ3n) is 4.76. The number of ether oxygens (including phenoxy) is 1. The molecule has 5 heteroatoms. The molecule has 1 unspecified atom stereocenters. The topological polar surface area (TPSA) is 58.6 Å². The number of carbonyl (C=O) groups excluding carboxylic acids is 2. The van der Waals surface area contributed by atoms with E-state index in [1.807, 2.05) is 31.2 Å². The lowest BCUT2D eigenvalue weighted by atomic mass is 9.97. The first kappa shape index (κ1) is 16.8. The van der Waals surface area contributed by atoms with E-state index in [9.17, 15) is 9.59 Å². The predicted molar refractivity (Wildman–Crippen MR) is 91.7 cm³/mol. The molecule has 1 atom stereocenters. The first-order chi connectivity index (χ1) is 11.6. The van der Waals surface area contributed by atoms with Crippen LogP contribution >= 0.6 is 0 Å². The Labute approximate surface area is 143 Å². The summed E-state index contributed by atoms with van der Waals surface area (Å²) < 4.78 is 5.59. The summed E-state index contributed by atoms with van der Waals surface area (Å²) in [6, 6.07) is 7.67. The first-order valence-electron chi connectivity index (χ1n) is 8.87. The number of benzene rings is 1. The van der Waals surface area contributed by atoms with Gasteiger partial charge in [-0.3, -0.25) is 9.59 Å². The molecule has 24 heavy (non-hydrogen) atoms. The minimum absolute atomic E-state index is 0.0276. The van der Waals surface area contributed by atoms with Gasteiger partial charge < -0.3 is 15.0 Å². The molecule has 2 aliphatic rings. The van der Waals surface area contributed by atoms with Crippen molar-refractivity contribution in [2.45, 2.75) is 32.6 Å². The normalized spacial score (nSPS) is 20.5. The van der Waals surface area contributed by atoms with Crippen LogP contribution in [0.15, 0.2) is 24.3 Å². The fourth-order valence-electron chi connectivity index (χ4n) is 3.07. The molecule has 1 aliphatic heterocycles. The van der Waals surface area contributed by atoms with Crippen LogP contribution in [0.2, 0.25) is 0 Å². The third kappa shape index (κ3) is 4.73. The van der Waals surface area contributed by atoms with E-state index in [1.165, 1.54) is 12.8 Å². The summed E-state index contributed by atoms with van der Waals surface area (Å²) in [7, 11) is 0. The third-order valence-corrected chi connectivity index (χ3v) is 4.76. The number of hydrogen-bond donors (Lipinski definition) is 1. The van der Waals surface area contributed by atoms with Gasteiger partial charge >= 0.3 is 0 Å². The van der Waals surface area contributed by atoms with Crippen molar-refractivity contribution in [3.05, 3.63) is 29.8 Å². The second-order valence-corrected chi connectivity index (χ2v) is 6.97. The average molecular weight is 330 g/mol. The van der Waals surface area contributed by atoms with Crippen LogP contribution in [0.25, 0.3) is 0 Å². The molecule has 1 aromatic carbocycles. The van der Waals surface area contributed by atoms with Crippen molar-refractivity contribution in [1.29, 1.82) is 0 Å². The fourth-order valence-corrected chi connectivity index (χ4v) is 3.07. The number of piperidine rings is 1. The Hall–Kier alpha value is -2.04. The highest BCUT2D eigenvalue weighted by Crippen LogP contribution is 2.28. The maximum Gasteiger partial charge on any atom is 0.260 e. The van der Waals surface area contributed by atoms with Crippen molar-refractivity contribution in [1.82, 2.24) is 10.2 Å². The zero-order valence-electron chi connectivity index (χ0n) is 14.3. The van der Waals surface area contributed by atoms with Gasteiger partial charge in [-0.1, -0.05) is 12.1 Å². The minimum Gasteiger partial charge on any atom is -0.484 e. The van der Waals surface area contributed by atoms with Crippen molar-refractivity contribution in [3.63, 3.8) is 0 Å². The lowest BCUT2D eigenvalue weighted by Crippen LogP contribution is -2.47. The Kier molecular flexibility index (Phi) is 5.38. The van der Waals surface area contributed by atoms with Crippen molar-refractivity contribution < 1.29 is 14.3 Å². The molecule has 1 saturated carbocycles. The summed E-state index contributed by atoms with van der Waals surface area (Å²) in [4.78, 5) is 26.4. The molecule has 5 nitrogen and oxygen atoms in total. The molecule has 1 heterocycles. The van der Waals surface area contributed by atoms with E-state index in [2.05, 4.69) is 5.32 Å². The van der Waals surface area contributed by atoms with Crippen LogP contribution in [0.3, 0.4) is 0 Å².